The Balaban J connectivity index is 2.23. The number of nitrogens with zero attached hydrogens (tertiary/aromatic N) is 3. The standard InChI is InChI=1S/C12H16N4/c1-16-7-14-9-6-10(13)15-11(12(9)16)8-4-2-3-5-8/h6-8H,2-5H2,1H3,(H2,13,15). The molecule has 3 rings (SSSR count). The molecular weight excluding hydrogens is 200 g/mol. The Hall–Kier alpha value is -1.58. The zero-order chi connectivity index (χ0) is 11.1. The highest BCUT2D eigenvalue weighted by Gasteiger charge is 2.22. The number of aryl methyl sites for hydroxylation is 1. The van der Waals surface area contributed by atoms with Gasteiger partial charge in [-0.1, -0.05) is 12.8 Å². The predicted octanol–water partition coefficient (Wildman–Crippen LogP) is 2.21. The maximum atomic E-state index is 5.84. The van der Waals surface area contributed by atoms with Gasteiger partial charge in [0.05, 0.1) is 23.1 Å². The van der Waals surface area contributed by atoms with E-state index in [9.17, 15) is 0 Å². The van der Waals surface area contributed by atoms with Gasteiger partial charge in [-0.2, -0.15) is 0 Å². The third kappa shape index (κ3) is 1.37. The zero-order valence-electron chi connectivity index (χ0n) is 9.48. The molecule has 16 heavy (non-hydrogen) atoms. The number of rotatable bonds is 1. The highest BCUT2D eigenvalue weighted by Crippen LogP contribution is 2.36. The maximum Gasteiger partial charge on any atom is 0.125 e. The molecule has 0 amide bonds. The quantitative estimate of drug-likeness (QED) is 0.795. The van der Waals surface area contributed by atoms with E-state index in [0.717, 1.165) is 16.7 Å². The van der Waals surface area contributed by atoms with E-state index in [2.05, 4.69) is 14.5 Å². The summed E-state index contributed by atoms with van der Waals surface area (Å²) in [6, 6.07) is 1.85. The van der Waals surface area contributed by atoms with Gasteiger partial charge in [0, 0.05) is 19.0 Å². The van der Waals surface area contributed by atoms with E-state index in [1.807, 2.05) is 19.4 Å². The Morgan fingerprint density at radius 3 is 2.88 bits per heavy atom. The fourth-order valence-electron chi connectivity index (χ4n) is 2.71. The van der Waals surface area contributed by atoms with E-state index in [0.29, 0.717) is 11.7 Å². The Bertz CT molecular complexity index is 523. The second-order valence-electron chi connectivity index (χ2n) is 4.64. The SMILES string of the molecule is Cn1cnc2cc(N)nc(C3CCCC3)c21. The minimum absolute atomic E-state index is 0.571. The van der Waals surface area contributed by atoms with Crippen molar-refractivity contribution >= 4 is 16.9 Å². The molecule has 2 aromatic rings. The second kappa shape index (κ2) is 3.47. The lowest BCUT2D eigenvalue weighted by atomic mass is 10.0. The van der Waals surface area contributed by atoms with Gasteiger partial charge in [-0.15, -0.1) is 0 Å². The number of nitrogens with two attached hydrogens (primary N) is 1. The molecule has 4 nitrogen and oxygen atoms in total. The molecule has 1 saturated carbocycles. The first-order valence-electron chi connectivity index (χ1n) is 5.83. The zero-order valence-corrected chi connectivity index (χ0v) is 9.48. The largest absolute Gasteiger partial charge is 0.384 e. The number of pyridine rings is 1. The highest BCUT2D eigenvalue weighted by molar-refractivity contribution is 5.80. The van der Waals surface area contributed by atoms with E-state index in [1.54, 1.807) is 0 Å². The third-order valence-corrected chi connectivity index (χ3v) is 3.48. The van der Waals surface area contributed by atoms with Crippen LogP contribution in [0.15, 0.2) is 12.4 Å². The summed E-state index contributed by atoms with van der Waals surface area (Å²) in [7, 11) is 2.02. The molecule has 0 unspecified atom stereocenters. The average Bonchev–Trinajstić information content (AvgIpc) is 2.87. The molecule has 0 aliphatic heterocycles. The van der Waals surface area contributed by atoms with Crippen LogP contribution in [-0.2, 0) is 7.05 Å². The molecule has 84 valence electrons. The van der Waals surface area contributed by atoms with Crippen LogP contribution in [0.2, 0.25) is 0 Å². The fourth-order valence-corrected chi connectivity index (χ4v) is 2.71. The van der Waals surface area contributed by atoms with Crippen molar-refractivity contribution in [3.8, 4) is 0 Å². The van der Waals surface area contributed by atoms with Crippen molar-refractivity contribution in [1.82, 2.24) is 14.5 Å². The number of imidazole rings is 1. The van der Waals surface area contributed by atoms with Crippen LogP contribution in [0, 0.1) is 0 Å². The number of fused-ring (bicyclic) bond motifs is 1. The van der Waals surface area contributed by atoms with Gasteiger partial charge in [0.25, 0.3) is 0 Å². The van der Waals surface area contributed by atoms with Gasteiger partial charge in [-0.3, -0.25) is 0 Å². The van der Waals surface area contributed by atoms with Crippen molar-refractivity contribution in [1.29, 1.82) is 0 Å². The first-order chi connectivity index (χ1) is 7.75. The summed E-state index contributed by atoms with van der Waals surface area (Å²) in [5.41, 5.74) is 9.11. The lowest BCUT2D eigenvalue weighted by Gasteiger charge is -2.11. The normalized spacial score (nSPS) is 17.3. The summed E-state index contributed by atoms with van der Waals surface area (Å²) in [5.74, 6) is 1.16. The van der Waals surface area contributed by atoms with Crippen molar-refractivity contribution < 1.29 is 0 Å². The van der Waals surface area contributed by atoms with E-state index >= 15 is 0 Å². The minimum atomic E-state index is 0.571. The molecule has 4 heteroatoms. The number of aromatic nitrogens is 3. The minimum Gasteiger partial charge on any atom is -0.384 e. The van der Waals surface area contributed by atoms with Crippen LogP contribution < -0.4 is 5.73 Å². The van der Waals surface area contributed by atoms with Gasteiger partial charge in [-0.25, -0.2) is 9.97 Å². The van der Waals surface area contributed by atoms with Crippen molar-refractivity contribution in [2.75, 3.05) is 5.73 Å². The van der Waals surface area contributed by atoms with Crippen LogP contribution in [0.4, 0.5) is 5.82 Å². The van der Waals surface area contributed by atoms with E-state index in [-0.39, 0.29) is 0 Å². The van der Waals surface area contributed by atoms with Crippen LogP contribution in [0.5, 0.6) is 0 Å². The molecular formula is C12H16N4. The van der Waals surface area contributed by atoms with Crippen LogP contribution in [0.1, 0.15) is 37.3 Å². The molecule has 0 atom stereocenters. The number of hydrogen-bond donors (Lipinski definition) is 1. The number of hydrogen-bond acceptors (Lipinski definition) is 3. The van der Waals surface area contributed by atoms with E-state index in [4.69, 9.17) is 5.73 Å². The highest BCUT2D eigenvalue weighted by atomic mass is 15.0. The molecule has 2 aromatic heterocycles. The molecule has 0 aromatic carbocycles. The lowest BCUT2D eigenvalue weighted by molar-refractivity contribution is 0.700. The summed E-state index contributed by atoms with van der Waals surface area (Å²) in [6.45, 7) is 0. The second-order valence-corrected chi connectivity index (χ2v) is 4.64. The van der Waals surface area contributed by atoms with Crippen LogP contribution in [-0.4, -0.2) is 14.5 Å². The number of anilines is 1. The molecule has 0 bridgehead atoms. The molecule has 1 aliphatic carbocycles. The predicted molar refractivity (Wildman–Crippen MR) is 64.1 cm³/mol. The van der Waals surface area contributed by atoms with Crippen molar-refractivity contribution in [3.63, 3.8) is 0 Å². The third-order valence-electron chi connectivity index (χ3n) is 3.48. The summed E-state index contributed by atoms with van der Waals surface area (Å²) < 4.78 is 2.05. The number of nitrogen functional groups attached to an aromatic ring is 1. The first kappa shape index (κ1) is 9.63. The monoisotopic (exact) mass is 216 g/mol. The lowest BCUT2D eigenvalue weighted by Crippen LogP contribution is -2.03. The summed E-state index contributed by atoms with van der Waals surface area (Å²) in [4.78, 5) is 8.89. The topological polar surface area (TPSA) is 56.7 Å². The van der Waals surface area contributed by atoms with Gasteiger partial charge >= 0.3 is 0 Å². The van der Waals surface area contributed by atoms with Crippen LogP contribution in [0.3, 0.4) is 0 Å². The Morgan fingerprint density at radius 1 is 1.38 bits per heavy atom. The van der Waals surface area contributed by atoms with E-state index in [1.165, 1.54) is 25.7 Å². The van der Waals surface area contributed by atoms with Crippen molar-refractivity contribution in [3.05, 3.63) is 18.1 Å². The molecule has 1 aliphatic rings. The van der Waals surface area contributed by atoms with Gasteiger partial charge in [0.1, 0.15) is 5.82 Å². The van der Waals surface area contributed by atoms with Crippen molar-refractivity contribution in [2.45, 2.75) is 31.6 Å². The van der Waals surface area contributed by atoms with Gasteiger partial charge in [0.2, 0.25) is 0 Å². The van der Waals surface area contributed by atoms with Crippen molar-refractivity contribution in [2.24, 2.45) is 7.05 Å². The van der Waals surface area contributed by atoms with Gasteiger partial charge < -0.3 is 10.3 Å². The Kier molecular flexibility index (Phi) is 2.09. The Morgan fingerprint density at radius 2 is 2.12 bits per heavy atom. The summed E-state index contributed by atoms with van der Waals surface area (Å²) in [5, 5.41) is 0. The molecule has 0 saturated heterocycles. The average molecular weight is 216 g/mol. The molecule has 0 spiro atoms. The van der Waals surface area contributed by atoms with Crippen LogP contribution >= 0.6 is 0 Å². The maximum absolute atomic E-state index is 5.84. The molecule has 0 radical (unpaired) electrons. The fraction of sp³-hybridized carbons (Fsp3) is 0.500. The molecule has 2 heterocycles. The smallest absolute Gasteiger partial charge is 0.125 e. The van der Waals surface area contributed by atoms with Crippen LogP contribution in [0.25, 0.3) is 11.0 Å². The Labute approximate surface area is 94.5 Å². The van der Waals surface area contributed by atoms with E-state index < -0.39 is 0 Å². The summed E-state index contributed by atoms with van der Waals surface area (Å²) >= 11 is 0. The first-order valence-corrected chi connectivity index (χ1v) is 5.83. The van der Waals surface area contributed by atoms with Gasteiger partial charge in [0.15, 0.2) is 0 Å². The summed E-state index contributed by atoms with van der Waals surface area (Å²) in [6.07, 6.45) is 6.92. The molecule has 2 N–H and O–H groups in total. The van der Waals surface area contributed by atoms with Gasteiger partial charge in [-0.05, 0) is 12.8 Å². The molecule has 1 fully saturated rings.